The summed E-state index contributed by atoms with van der Waals surface area (Å²) in [5, 5.41) is 22.0. The maximum Gasteiger partial charge on any atom is 0.316 e. The van der Waals surface area contributed by atoms with Gasteiger partial charge in [0.1, 0.15) is 5.82 Å². The average molecular weight is 352 g/mol. The summed E-state index contributed by atoms with van der Waals surface area (Å²) in [7, 11) is 0. The van der Waals surface area contributed by atoms with Crippen LogP contribution in [0.4, 0.5) is 0 Å². The standard InChI is InChI=1S/C17H16N6O3/c18-6-2-5-14-20-10-13(21-14)11-3-1-4-12(9-11)15-22-17(26-23-15)16(25)19-7-8-24/h1-6,9-10,18,24H,7-8H2,(H,19,25)(H,20,21)/b5-2-,18-6?. The number of hydrogen-bond acceptors (Lipinski definition) is 7. The monoisotopic (exact) mass is 352 g/mol. The molecule has 2 aromatic heterocycles. The number of rotatable bonds is 7. The Morgan fingerprint density at radius 3 is 3.04 bits per heavy atom. The van der Waals surface area contributed by atoms with Crippen LogP contribution >= 0.6 is 0 Å². The highest BCUT2D eigenvalue weighted by Gasteiger charge is 2.16. The van der Waals surface area contributed by atoms with Gasteiger partial charge in [-0.15, -0.1) is 0 Å². The van der Waals surface area contributed by atoms with E-state index in [0.717, 1.165) is 11.3 Å². The lowest BCUT2D eigenvalue weighted by molar-refractivity contribution is 0.0901. The number of imidazole rings is 1. The van der Waals surface area contributed by atoms with Gasteiger partial charge in [-0.25, -0.2) is 4.98 Å². The molecule has 0 radical (unpaired) electrons. The van der Waals surface area contributed by atoms with Crippen molar-refractivity contribution in [1.29, 1.82) is 5.41 Å². The molecule has 2 heterocycles. The van der Waals surface area contributed by atoms with Gasteiger partial charge in [-0.1, -0.05) is 23.4 Å². The zero-order valence-corrected chi connectivity index (χ0v) is 13.6. The van der Waals surface area contributed by atoms with E-state index in [0.29, 0.717) is 11.4 Å². The molecule has 132 valence electrons. The summed E-state index contributed by atoms with van der Waals surface area (Å²) in [5.41, 5.74) is 2.33. The highest BCUT2D eigenvalue weighted by molar-refractivity contribution is 5.89. The highest BCUT2D eigenvalue weighted by Crippen LogP contribution is 2.24. The Bertz CT molecular complexity index is 943. The molecule has 1 aromatic carbocycles. The summed E-state index contributed by atoms with van der Waals surface area (Å²) in [5.74, 6) is 0.213. The van der Waals surface area contributed by atoms with Crippen LogP contribution in [0.3, 0.4) is 0 Å². The zero-order chi connectivity index (χ0) is 18.4. The predicted octanol–water partition coefficient (Wildman–Crippen LogP) is 1.51. The molecule has 0 fully saturated rings. The SMILES string of the molecule is N=C/C=C\c1ncc(-c2cccc(-c3noc(C(=O)NCCO)n3)c2)[nH]1. The van der Waals surface area contributed by atoms with Gasteiger partial charge < -0.3 is 25.3 Å². The van der Waals surface area contributed by atoms with Crippen LogP contribution in [0.25, 0.3) is 28.7 Å². The van der Waals surface area contributed by atoms with Crippen LogP contribution in [0.5, 0.6) is 0 Å². The first kappa shape index (κ1) is 17.2. The van der Waals surface area contributed by atoms with E-state index < -0.39 is 5.91 Å². The summed E-state index contributed by atoms with van der Waals surface area (Å²) in [4.78, 5) is 23.2. The van der Waals surface area contributed by atoms with Crippen molar-refractivity contribution in [3.8, 4) is 22.6 Å². The Morgan fingerprint density at radius 1 is 1.38 bits per heavy atom. The number of aliphatic hydroxyl groups excluding tert-OH is 1. The van der Waals surface area contributed by atoms with Crippen LogP contribution in [-0.2, 0) is 0 Å². The number of carbonyl (C=O) groups is 1. The lowest BCUT2D eigenvalue weighted by Crippen LogP contribution is -2.26. The number of nitrogens with zero attached hydrogens (tertiary/aromatic N) is 3. The van der Waals surface area contributed by atoms with Crippen LogP contribution in [0.15, 0.2) is 41.1 Å². The third kappa shape index (κ3) is 3.90. The predicted molar refractivity (Wildman–Crippen MR) is 94.6 cm³/mol. The van der Waals surface area contributed by atoms with Gasteiger partial charge in [0.15, 0.2) is 0 Å². The summed E-state index contributed by atoms with van der Waals surface area (Å²) < 4.78 is 4.97. The fraction of sp³-hybridized carbons (Fsp3) is 0.118. The maximum absolute atomic E-state index is 11.8. The number of amides is 1. The topological polar surface area (TPSA) is 141 Å². The van der Waals surface area contributed by atoms with Crippen molar-refractivity contribution in [2.75, 3.05) is 13.2 Å². The van der Waals surface area contributed by atoms with E-state index in [2.05, 4.69) is 25.4 Å². The van der Waals surface area contributed by atoms with Crippen molar-refractivity contribution < 1.29 is 14.4 Å². The number of hydrogen-bond donors (Lipinski definition) is 4. The second-order valence-electron chi connectivity index (χ2n) is 5.19. The van der Waals surface area contributed by atoms with Crippen LogP contribution in [0.1, 0.15) is 16.5 Å². The first-order chi connectivity index (χ1) is 12.7. The van der Waals surface area contributed by atoms with Crippen molar-refractivity contribution in [1.82, 2.24) is 25.4 Å². The molecule has 0 saturated carbocycles. The maximum atomic E-state index is 11.8. The summed E-state index contributed by atoms with van der Waals surface area (Å²) in [6.07, 6.45) is 6.12. The number of allylic oxidation sites excluding steroid dienone is 1. The molecule has 0 aliphatic carbocycles. The molecule has 0 aliphatic rings. The first-order valence-electron chi connectivity index (χ1n) is 7.77. The number of nitrogens with one attached hydrogen (secondary N) is 3. The second-order valence-corrected chi connectivity index (χ2v) is 5.19. The number of H-pyrrole nitrogens is 1. The normalized spacial score (nSPS) is 11.0. The van der Waals surface area contributed by atoms with E-state index in [1.165, 1.54) is 6.21 Å². The molecule has 9 heteroatoms. The summed E-state index contributed by atoms with van der Waals surface area (Å²) in [6, 6.07) is 7.38. The number of aromatic amines is 1. The van der Waals surface area contributed by atoms with Gasteiger partial charge in [0.2, 0.25) is 5.82 Å². The summed E-state index contributed by atoms with van der Waals surface area (Å²) >= 11 is 0. The molecular weight excluding hydrogens is 336 g/mol. The van der Waals surface area contributed by atoms with Crippen LogP contribution in [0.2, 0.25) is 0 Å². The third-order valence-corrected chi connectivity index (χ3v) is 3.40. The lowest BCUT2D eigenvalue weighted by atomic mass is 10.1. The molecule has 3 aromatic rings. The molecule has 0 saturated heterocycles. The molecule has 0 spiro atoms. The van der Waals surface area contributed by atoms with E-state index >= 15 is 0 Å². The van der Waals surface area contributed by atoms with E-state index in [4.69, 9.17) is 15.0 Å². The molecule has 4 N–H and O–H groups in total. The van der Waals surface area contributed by atoms with Gasteiger partial charge in [-0.05, 0) is 18.2 Å². The Kier molecular flexibility index (Phi) is 5.30. The van der Waals surface area contributed by atoms with Crippen LogP contribution in [-0.4, -0.2) is 50.5 Å². The Hall–Kier alpha value is -3.59. The van der Waals surface area contributed by atoms with E-state index in [1.807, 2.05) is 18.2 Å². The van der Waals surface area contributed by atoms with Crippen molar-refractivity contribution in [2.24, 2.45) is 0 Å². The molecular formula is C17H16N6O3. The minimum absolute atomic E-state index is 0.112. The fourth-order valence-electron chi connectivity index (χ4n) is 2.21. The molecule has 3 rings (SSSR count). The van der Waals surface area contributed by atoms with Crippen molar-refractivity contribution >= 4 is 18.2 Å². The first-order valence-corrected chi connectivity index (χ1v) is 7.77. The molecule has 0 bridgehead atoms. The molecule has 9 nitrogen and oxygen atoms in total. The quantitative estimate of drug-likeness (QED) is 0.475. The van der Waals surface area contributed by atoms with Crippen molar-refractivity contribution in [2.45, 2.75) is 0 Å². The van der Waals surface area contributed by atoms with Gasteiger partial charge in [-0.2, -0.15) is 4.98 Å². The zero-order valence-electron chi connectivity index (χ0n) is 13.6. The second kappa shape index (κ2) is 7.99. The van der Waals surface area contributed by atoms with Gasteiger partial charge in [0.25, 0.3) is 0 Å². The molecule has 0 aliphatic heterocycles. The fourth-order valence-corrected chi connectivity index (χ4v) is 2.21. The number of aliphatic hydroxyl groups is 1. The van der Waals surface area contributed by atoms with Gasteiger partial charge >= 0.3 is 11.8 Å². The smallest absolute Gasteiger partial charge is 0.316 e. The average Bonchev–Trinajstić information content (AvgIpc) is 3.34. The van der Waals surface area contributed by atoms with E-state index in [-0.39, 0.29) is 24.9 Å². The van der Waals surface area contributed by atoms with E-state index in [9.17, 15) is 4.79 Å². The highest BCUT2D eigenvalue weighted by atomic mass is 16.5. The van der Waals surface area contributed by atoms with Crippen LogP contribution in [0, 0.1) is 5.41 Å². The number of benzene rings is 1. The van der Waals surface area contributed by atoms with Gasteiger partial charge in [0, 0.05) is 23.9 Å². The minimum atomic E-state index is -0.537. The van der Waals surface area contributed by atoms with Gasteiger partial charge in [0.05, 0.1) is 18.5 Å². The van der Waals surface area contributed by atoms with E-state index in [1.54, 1.807) is 24.4 Å². The van der Waals surface area contributed by atoms with Gasteiger partial charge in [-0.3, -0.25) is 4.79 Å². The molecule has 0 atom stereocenters. The number of carbonyl (C=O) groups excluding carboxylic acids is 1. The van der Waals surface area contributed by atoms with Crippen LogP contribution < -0.4 is 5.32 Å². The summed E-state index contributed by atoms with van der Waals surface area (Å²) in [6.45, 7) is -0.0590. The Labute approximate surface area is 148 Å². The third-order valence-electron chi connectivity index (χ3n) is 3.40. The van der Waals surface area contributed by atoms with Crippen molar-refractivity contribution in [3.05, 3.63) is 48.3 Å². The lowest BCUT2D eigenvalue weighted by Gasteiger charge is -2.00. The Balaban J connectivity index is 1.82. The molecule has 26 heavy (non-hydrogen) atoms. The molecule has 0 unspecified atom stereocenters. The minimum Gasteiger partial charge on any atom is -0.395 e. The van der Waals surface area contributed by atoms with Crippen molar-refractivity contribution in [3.63, 3.8) is 0 Å². The Morgan fingerprint density at radius 2 is 2.23 bits per heavy atom. The largest absolute Gasteiger partial charge is 0.395 e. The molecule has 1 amide bonds. The number of aromatic nitrogens is 4.